The van der Waals surface area contributed by atoms with Gasteiger partial charge in [0.05, 0.1) is 22.1 Å². The van der Waals surface area contributed by atoms with Crippen LogP contribution in [-0.2, 0) is 14.7 Å². The molecule has 10 rings (SSSR count). The first kappa shape index (κ1) is 29.0. The summed E-state index contributed by atoms with van der Waals surface area (Å²) in [6, 6.07) is 54.6. The molecule has 0 saturated carbocycles. The molecule has 1 spiro atoms. The predicted molar refractivity (Wildman–Crippen MR) is 226 cm³/mol. The highest BCUT2D eigenvalue weighted by atomic mass is 28.3. The van der Waals surface area contributed by atoms with Gasteiger partial charge in [-0.1, -0.05) is 170 Å². The van der Waals surface area contributed by atoms with Crippen LogP contribution in [0, 0.1) is 0 Å². The second-order valence-electron chi connectivity index (χ2n) is 15.5. The van der Waals surface area contributed by atoms with Crippen molar-refractivity contribution in [1.82, 2.24) is 0 Å². The Morgan fingerprint density at radius 1 is 0.500 bits per heavy atom. The van der Waals surface area contributed by atoms with Crippen LogP contribution in [0.2, 0.25) is 0 Å². The molecule has 0 atom stereocenters. The number of hydrogen-bond acceptors (Lipinski definition) is 3. The third kappa shape index (κ3) is 4.43. The topological polar surface area (TPSA) is 21.7 Å². The summed E-state index contributed by atoms with van der Waals surface area (Å²) in [4.78, 5) is 0. The number of rotatable bonds is 5. The molecule has 1 saturated heterocycles. The average molecular weight is 720 g/mol. The molecule has 3 nitrogen and oxygen atoms in total. The molecule has 2 aliphatic heterocycles. The summed E-state index contributed by atoms with van der Waals surface area (Å²) in [6.07, 6.45) is 0. The third-order valence-corrected chi connectivity index (χ3v) is 16.7. The molecule has 0 unspecified atom stereocenters. The largest absolute Gasteiger partial charge is 0.494 e. The molecule has 0 aromatic heterocycles. The number of fused-ring (bicyclic) bond motifs is 9. The normalized spacial score (nSPS) is 18.1. The molecule has 7 aromatic rings. The fraction of sp³-hybridized carbons (Fsp3) is 0.143. The summed E-state index contributed by atoms with van der Waals surface area (Å²) in [5.74, 6) is 0. The molecule has 1 fully saturated rings. The zero-order chi connectivity index (χ0) is 40.2. The van der Waals surface area contributed by atoms with Crippen molar-refractivity contribution >= 4 is 47.8 Å². The number of benzene rings is 7. The zero-order valence-corrected chi connectivity index (χ0v) is 31.9. The monoisotopic (exact) mass is 719 g/mol. The van der Waals surface area contributed by atoms with E-state index in [9.17, 15) is 5.48 Å². The van der Waals surface area contributed by atoms with E-state index < -0.39 is 32.0 Å². The zero-order valence-electron chi connectivity index (χ0n) is 34.9. The van der Waals surface area contributed by atoms with Gasteiger partial charge in [-0.2, -0.15) is 0 Å². The average Bonchev–Trinajstić information content (AvgIpc) is 3.65. The van der Waals surface area contributed by atoms with Gasteiger partial charge in [0.15, 0.2) is 0 Å². The van der Waals surface area contributed by atoms with Crippen molar-refractivity contribution in [3.8, 4) is 11.1 Å². The van der Waals surface area contributed by atoms with Crippen molar-refractivity contribution in [3.63, 3.8) is 0 Å². The molecule has 0 amide bonds. The quantitative estimate of drug-likeness (QED) is 0.132. The minimum absolute atomic E-state index is 0.00400. The summed E-state index contributed by atoms with van der Waals surface area (Å²) >= 11 is 0. The molecular formula is C49H42BNO2Si. The van der Waals surface area contributed by atoms with Gasteiger partial charge < -0.3 is 13.9 Å². The Kier molecular flexibility index (Phi) is 6.45. The number of hydrogen-bond donors (Lipinski definition) is 0. The van der Waals surface area contributed by atoms with E-state index in [-0.39, 0.29) is 29.6 Å². The first-order chi connectivity index (χ1) is 28.0. The Hall–Kier alpha value is -5.46. The van der Waals surface area contributed by atoms with Crippen LogP contribution >= 0.6 is 0 Å². The van der Waals surface area contributed by atoms with Gasteiger partial charge in [0, 0.05) is 11.4 Å². The van der Waals surface area contributed by atoms with Crippen molar-refractivity contribution in [1.29, 1.82) is 0 Å². The van der Waals surface area contributed by atoms with Crippen LogP contribution in [-0.4, -0.2) is 26.6 Å². The van der Waals surface area contributed by atoms with Crippen LogP contribution in [0.3, 0.4) is 0 Å². The van der Waals surface area contributed by atoms with Crippen LogP contribution in [0.15, 0.2) is 182 Å². The van der Waals surface area contributed by atoms with Gasteiger partial charge in [0.1, 0.15) is 0 Å². The Morgan fingerprint density at radius 3 is 1.43 bits per heavy atom. The van der Waals surface area contributed by atoms with Gasteiger partial charge in [-0.05, 0) is 94.2 Å². The Bertz CT molecular complexity index is 2630. The fourth-order valence-corrected chi connectivity index (χ4v) is 13.9. The lowest BCUT2D eigenvalue weighted by Crippen LogP contribution is -2.77. The molecule has 2 heterocycles. The van der Waals surface area contributed by atoms with E-state index in [0.717, 1.165) is 32.9 Å². The Morgan fingerprint density at radius 2 is 0.926 bits per heavy atom. The second kappa shape index (κ2) is 12.0. The van der Waals surface area contributed by atoms with E-state index in [4.69, 9.17) is 9.31 Å². The summed E-state index contributed by atoms with van der Waals surface area (Å²) in [6.45, 7) is 7.80. The van der Waals surface area contributed by atoms with Gasteiger partial charge in [0.25, 0.3) is 8.24 Å². The lowest BCUT2D eigenvalue weighted by Gasteiger charge is -2.52. The standard InChI is InChI=1S/C49H42BNO2Si/c1-47(2)48(3,4)53-50(52-47)35-20-19-25-38(34-35)54(36-21-7-5-8-22-36,37-23-9-6-10-24-37)51-45-32-17-15-30-43(45)49(44-31-16-18-33-46(44)51)41-28-13-11-26-39(41)40-27-12-14-29-42(40)49/h5-34H,1-4H3/i19D,20D,25D,34D. The van der Waals surface area contributed by atoms with E-state index in [1.165, 1.54) is 22.3 Å². The van der Waals surface area contributed by atoms with Crippen molar-refractivity contribution in [3.05, 3.63) is 204 Å². The van der Waals surface area contributed by atoms with E-state index in [1.54, 1.807) is 0 Å². The highest BCUT2D eigenvalue weighted by molar-refractivity contribution is 7.14. The van der Waals surface area contributed by atoms with Crippen LogP contribution in [0.1, 0.15) is 55.4 Å². The lowest BCUT2D eigenvalue weighted by atomic mass is 9.65. The van der Waals surface area contributed by atoms with Crippen LogP contribution in [0.25, 0.3) is 11.1 Å². The molecule has 1 aliphatic carbocycles. The van der Waals surface area contributed by atoms with Gasteiger partial charge >= 0.3 is 7.12 Å². The molecule has 5 heteroatoms. The van der Waals surface area contributed by atoms with E-state index in [1.807, 2.05) is 64.1 Å². The van der Waals surface area contributed by atoms with Crippen LogP contribution < -0.4 is 25.6 Å². The summed E-state index contributed by atoms with van der Waals surface area (Å²) in [5, 5.41) is 2.28. The smallest absolute Gasteiger partial charge is 0.399 e. The van der Waals surface area contributed by atoms with Gasteiger partial charge in [-0.25, -0.2) is 0 Å². The second-order valence-corrected chi connectivity index (χ2v) is 19.1. The molecule has 0 N–H and O–H groups in total. The molecule has 262 valence electrons. The van der Waals surface area contributed by atoms with Crippen molar-refractivity contribution in [2.24, 2.45) is 0 Å². The van der Waals surface area contributed by atoms with Gasteiger partial charge in [0.2, 0.25) is 0 Å². The van der Waals surface area contributed by atoms with E-state index >= 15 is 0 Å². The van der Waals surface area contributed by atoms with Crippen LogP contribution in [0.5, 0.6) is 0 Å². The maximum absolute atomic E-state index is 10.4. The number of para-hydroxylation sites is 2. The minimum Gasteiger partial charge on any atom is -0.399 e. The summed E-state index contributed by atoms with van der Waals surface area (Å²) in [5.41, 5.74) is 6.94. The first-order valence-corrected chi connectivity index (χ1v) is 20.7. The van der Waals surface area contributed by atoms with Crippen molar-refractivity contribution < 1.29 is 14.8 Å². The molecule has 7 aromatic carbocycles. The Balaban J connectivity index is 1.38. The maximum Gasteiger partial charge on any atom is 0.494 e. The Labute approximate surface area is 325 Å². The molecular weight excluding hydrogens is 673 g/mol. The van der Waals surface area contributed by atoms with Crippen molar-refractivity contribution in [2.75, 3.05) is 4.57 Å². The van der Waals surface area contributed by atoms with Gasteiger partial charge in [-0.15, -0.1) is 0 Å². The number of nitrogens with zero attached hydrogens (tertiary/aromatic N) is 1. The highest BCUT2D eigenvalue weighted by Gasteiger charge is 2.57. The molecule has 0 radical (unpaired) electrons. The molecule has 54 heavy (non-hydrogen) atoms. The molecule has 3 aliphatic rings. The third-order valence-electron chi connectivity index (χ3n) is 12.3. The maximum atomic E-state index is 10.4. The van der Waals surface area contributed by atoms with Gasteiger partial charge in [-0.3, -0.25) is 0 Å². The molecule has 0 bridgehead atoms. The van der Waals surface area contributed by atoms with Crippen molar-refractivity contribution in [2.45, 2.75) is 44.3 Å². The lowest BCUT2D eigenvalue weighted by molar-refractivity contribution is 0.00578. The van der Waals surface area contributed by atoms with E-state index in [2.05, 4.69) is 126 Å². The highest BCUT2D eigenvalue weighted by Crippen LogP contribution is 2.62. The summed E-state index contributed by atoms with van der Waals surface area (Å²) < 4.78 is 54.8. The predicted octanol–water partition coefficient (Wildman–Crippen LogP) is 8.47. The van der Waals surface area contributed by atoms with E-state index in [0.29, 0.717) is 5.19 Å². The fourth-order valence-electron chi connectivity index (χ4n) is 9.23. The SMILES string of the molecule is [2H]c1c([2H])c(B2OC(C)(C)C(C)(C)O2)c([2H])c([Si](c2ccccc2)(c2ccccc2)N2c3ccccc3C3(c4ccccc4-c4ccccc43)c3ccccc32)c1[2H]. The van der Waals surface area contributed by atoms with Crippen LogP contribution in [0.4, 0.5) is 11.4 Å². The summed E-state index contributed by atoms with van der Waals surface area (Å²) in [7, 11) is -5.01. The minimum atomic E-state index is -3.93. The first-order valence-electron chi connectivity index (χ1n) is 20.7. The number of anilines is 2.